The lowest BCUT2D eigenvalue weighted by Gasteiger charge is -2.06. The first-order chi connectivity index (χ1) is 9.79. The first kappa shape index (κ1) is 14.3. The van der Waals surface area contributed by atoms with Gasteiger partial charge in [0, 0.05) is 20.2 Å². The minimum Gasteiger partial charge on any atom is -0.129 e. The molecule has 0 fully saturated rings. The van der Waals surface area contributed by atoms with Crippen molar-refractivity contribution in [1.82, 2.24) is 0 Å². The second-order valence-corrected chi connectivity index (χ2v) is 9.56. The van der Waals surface area contributed by atoms with Crippen molar-refractivity contribution < 1.29 is 0 Å². The van der Waals surface area contributed by atoms with Crippen molar-refractivity contribution in [3.05, 3.63) is 71.8 Å². The van der Waals surface area contributed by atoms with Crippen LogP contribution in [0.25, 0.3) is 4.91 Å². The molecule has 3 rings (SSSR count). The molecular formula is C16H13ClS3. The van der Waals surface area contributed by atoms with E-state index in [0.29, 0.717) is 0 Å². The van der Waals surface area contributed by atoms with E-state index in [-0.39, 0.29) is 8.73 Å². The minimum atomic E-state index is -0.299. The third-order valence-electron chi connectivity index (χ3n) is 3.03. The highest BCUT2D eigenvalue weighted by molar-refractivity contribution is 8.95. The van der Waals surface area contributed by atoms with Gasteiger partial charge >= 0.3 is 0 Å². The topological polar surface area (TPSA) is 0 Å². The first-order valence-electron chi connectivity index (χ1n) is 6.16. The van der Waals surface area contributed by atoms with Crippen LogP contribution in [0.15, 0.2) is 65.6 Å². The third kappa shape index (κ3) is 2.86. The fourth-order valence-electron chi connectivity index (χ4n) is 2.06. The zero-order valence-electron chi connectivity index (χ0n) is 10.9. The lowest BCUT2D eigenvalue weighted by Crippen LogP contribution is -1.92. The Hall–Kier alpha value is -0.610. The standard InChI is InChI=1S/C16H13ClS3/c1-18-14-10-6-5-9-13(14)15-11-16(20(17)19-15)12-7-3-2-4-8-12/h2-11H,1H3. The lowest BCUT2D eigenvalue weighted by atomic mass is 10.1. The Kier molecular flexibility index (Phi) is 4.61. The van der Waals surface area contributed by atoms with E-state index in [2.05, 4.69) is 60.9 Å². The zero-order valence-corrected chi connectivity index (χ0v) is 14.1. The number of halogens is 1. The van der Waals surface area contributed by atoms with Crippen LogP contribution in [-0.2, 0) is 0 Å². The molecule has 0 nitrogen and oxygen atoms in total. The van der Waals surface area contributed by atoms with Gasteiger partial charge in [-0.3, -0.25) is 0 Å². The van der Waals surface area contributed by atoms with Gasteiger partial charge in [-0.15, -0.1) is 11.8 Å². The smallest absolute Gasteiger partial charge is 0.0314 e. The van der Waals surface area contributed by atoms with Crippen LogP contribution in [-0.4, -0.2) is 11.1 Å². The summed E-state index contributed by atoms with van der Waals surface area (Å²) in [5.74, 6) is 0. The Bertz CT molecular complexity index is 690. The molecule has 102 valence electrons. The van der Waals surface area contributed by atoms with E-state index in [1.807, 2.05) is 6.07 Å². The molecule has 0 amide bonds. The van der Waals surface area contributed by atoms with Crippen molar-refractivity contribution in [2.75, 3.05) is 6.26 Å². The molecule has 0 saturated heterocycles. The van der Waals surface area contributed by atoms with Gasteiger partial charge in [0.2, 0.25) is 0 Å². The van der Waals surface area contributed by atoms with Crippen molar-refractivity contribution in [2.45, 2.75) is 4.90 Å². The number of hydrogen-bond donors (Lipinski definition) is 0. The van der Waals surface area contributed by atoms with Crippen LogP contribution in [0.1, 0.15) is 11.1 Å². The summed E-state index contributed by atoms with van der Waals surface area (Å²) in [6, 6.07) is 18.9. The monoisotopic (exact) mass is 336 g/mol. The molecule has 4 heteroatoms. The van der Waals surface area contributed by atoms with Crippen molar-refractivity contribution >= 4 is 51.7 Å². The van der Waals surface area contributed by atoms with Crippen LogP contribution < -0.4 is 0 Å². The molecule has 20 heavy (non-hydrogen) atoms. The summed E-state index contributed by atoms with van der Waals surface area (Å²) in [6.07, 6.45) is 4.35. The minimum absolute atomic E-state index is 0.299. The maximum Gasteiger partial charge on any atom is 0.0314 e. The molecule has 1 aliphatic heterocycles. The highest BCUT2D eigenvalue weighted by Gasteiger charge is 2.19. The summed E-state index contributed by atoms with van der Waals surface area (Å²) < 4.78 is 0. The molecule has 0 saturated carbocycles. The van der Waals surface area contributed by atoms with Crippen LogP contribution >= 0.6 is 42.0 Å². The summed E-state index contributed by atoms with van der Waals surface area (Å²) >= 11 is 1.78. The Balaban J connectivity index is 2.00. The quantitative estimate of drug-likeness (QED) is 0.380. The van der Waals surface area contributed by atoms with E-state index >= 15 is 0 Å². The number of benzene rings is 2. The number of hydrogen-bond acceptors (Lipinski definition) is 2. The second-order valence-electron chi connectivity index (χ2n) is 4.25. The van der Waals surface area contributed by atoms with Gasteiger partial charge in [0.05, 0.1) is 0 Å². The largest absolute Gasteiger partial charge is 0.129 e. The zero-order chi connectivity index (χ0) is 13.9. The van der Waals surface area contributed by atoms with Gasteiger partial charge in [0.1, 0.15) is 0 Å². The van der Waals surface area contributed by atoms with Crippen LogP contribution in [0.3, 0.4) is 0 Å². The summed E-state index contributed by atoms with van der Waals surface area (Å²) in [6.45, 7) is 0. The van der Waals surface area contributed by atoms with E-state index in [9.17, 15) is 0 Å². The highest BCUT2D eigenvalue weighted by atomic mass is 35.7. The Morgan fingerprint density at radius 1 is 1.00 bits per heavy atom. The molecule has 1 unspecified atom stereocenters. The fourth-order valence-corrected chi connectivity index (χ4v) is 6.63. The lowest BCUT2D eigenvalue weighted by molar-refractivity contribution is 1.42. The Labute approximate surface area is 134 Å². The second kappa shape index (κ2) is 6.44. The van der Waals surface area contributed by atoms with E-state index in [1.54, 1.807) is 22.6 Å². The van der Waals surface area contributed by atoms with Crippen molar-refractivity contribution in [1.29, 1.82) is 0 Å². The molecule has 2 aromatic carbocycles. The molecule has 0 aliphatic carbocycles. The van der Waals surface area contributed by atoms with Crippen molar-refractivity contribution in [3.8, 4) is 0 Å². The average Bonchev–Trinajstić information content (AvgIpc) is 2.90. The number of rotatable bonds is 3. The molecule has 0 spiro atoms. The van der Waals surface area contributed by atoms with E-state index in [1.165, 1.54) is 25.8 Å². The molecule has 0 aromatic heterocycles. The maximum absolute atomic E-state index is 6.55. The van der Waals surface area contributed by atoms with Gasteiger partial charge in [0.15, 0.2) is 0 Å². The molecule has 0 N–H and O–H groups in total. The van der Waals surface area contributed by atoms with Gasteiger partial charge in [-0.05, 0) is 54.2 Å². The molecule has 2 aromatic rings. The van der Waals surface area contributed by atoms with E-state index in [0.717, 1.165) is 0 Å². The SMILES string of the molecule is CSc1ccccc1C1=CC(c2ccccc2)=S(Cl)S1. The third-order valence-corrected chi connectivity index (χ3v) is 7.77. The van der Waals surface area contributed by atoms with Gasteiger partial charge < -0.3 is 0 Å². The van der Waals surface area contributed by atoms with Crippen LogP contribution in [0.2, 0.25) is 0 Å². The van der Waals surface area contributed by atoms with Gasteiger partial charge in [-0.25, -0.2) is 0 Å². The van der Waals surface area contributed by atoms with Crippen molar-refractivity contribution in [3.63, 3.8) is 0 Å². The Morgan fingerprint density at radius 2 is 1.70 bits per heavy atom. The van der Waals surface area contributed by atoms with Crippen LogP contribution in [0.4, 0.5) is 0 Å². The molecule has 1 heterocycles. The highest BCUT2D eigenvalue weighted by Crippen LogP contribution is 2.53. The van der Waals surface area contributed by atoms with E-state index in [4.69, 9.17) is 10.7 Å². The molecular weight excluding hydrogens is 324 g/mol. The normalized spacial score (nSPS) is 18.2. The van der Waals surface area contributed by atoms with Gasteiger partial charge in [-0.1, -0.05) is 48.5 Å². The molecule has 0 radical (unpaired) electrons. The van der Waals surface area contributed by atoms with Crippen LogP contribution in [0.5, 0.6) is 0 Å². The number of allylic oxidation sites excluding steroid dienone is 1. The van der Waals surface area contributed by atoms with Gasteiger partial charge in [-0.2, -0.15) is 0 Å². The number of thioether (sulfide) groups is 1. The van der Waals surface area contributed by atoms with Crippen LogP contribution in [0, 0.1) is 0 Å². The summed E-state index contributed by atoms with van der Waals surface area (Å²) in [7, 11) is 8.00. The van der Waals surface area contributed by atoms with E-state index < -0.39 is 0 Å². The summed E-state index contributed by atoms with van der Waals surface area (Å²) in [4.78, 5) is 3.80. The molecule has 0 bridgehead atoms. The predicted octanol–water partition coefficient (Wildman–Crippen LogP) is 6.05. The van der Waals surface area contributed by atoms with Gasteiger partial charge in [0.25, 0.3) is 0 Å². The molecule has 1 aliphatic rings. The maximum atomic E-state index is 6.55. The summed E-state index contributed by atoms with van der Waals surface area (Å²) in [5, 5.41) is 0. The first-order valence-corrected chi connectivity index (χ1v) is 10.8. The average molecular weight is 337 g/mol. The summed E-state index contributed by atoms with van der Waals surface area (Å²) in [5.41, 5.74) is 2.50. The fraction of sp³-hybridized carbons (Fsp3) is 0.0625. The predicted molar refractivity (Wildman–Crippen MR) is 97.8 cm³/mol. The van der Waals surface area contributed by atoms with Crippen molar-refractivity contribution in [2.24, 2.45) is 0 Å². The Morgan fingerprint density at radius 3 is 2.45 bits per heavy atom. The molecule has 1 atom stereocenters.